The summed E-state index contributed by atoms with van der Waals surface area (Å²) in [4.78, 5) is 26.8. The van der Waals surface area contributed by atoms with Gasteiger partial charge in [0.25, 0.3) is 5.91 Å². The summed E-state index contributed by atoms with van der Waals surface area (Å²) in [5.74, 6) is 0.821. The SMILES string of the molecule is O=C(NCC1CCCN(C(=O)c2cc(-c3ccccc3)on2)C1)C1CCCN1. The van der Waals surface area contributed by atoms with Crippen LogP contribution in [-0.2, 0) is 4.79 Å². The van der Waals surface area contributed by atoms with E-state index in [-0.39, 0.29) is 23.8 Å². The normalized spacial score (nSPS) is 22.2. The highest BCUT2D eigenvalue weighted by Crippen LogP contribution is 2.22. The third-order valence-corrected chi connectivity index (χ3v) is 5.54. The van der Waals surface area contributed by atoms with Crippen LogP contribution in [0.15, 0.2) is 40.9 Å². The predicted octanol–water partition coefficient (Wildman–Crippen LogP) is 2.06. The monoisotopic (exact) mass is 382 g/mol. The fraction of sp³-hybridized carbons (Fsp3) is 0.476. The standard InChI is InChI=1S/C21H26N4O3/c26-20(17-9-4-10-22-17)23-13-15-6-5-11-25(14-15)21(27)18-12-19(28-24-18)16-7-2-1-3-8-16/h1-3,7-8,12,15,17,22H,4-6,9-11,13-14H2,(H,23,26). The van der Waals surface area contributed by atoms with E-state index in [0.29, 0.717) is 31.1 Å². The maximum atomic E-state index is 12.8. The van der Waals surface area contributed by atoms with Crippen molar-refractivity contribution < 1.29 is 14.1 Å². The molecule has 7 nitrogen and oxygen atoms in total. The van der Waals surface area contributed by atoms with Crippen molar-refractivity contribution in [3.05, 3.63) is 42.1 Å². The Balaban J connectivity index is 1.33. The molecule has 2 aliphatic rings. The van der Waals surface area contributed by atoms with E-state index in [4.69, 9.17) is 4.52 Å². The number of amides is 2. The Hall–Kier alpha value is -2.67. The van der Waals surface area contributed by atoms with Crippen LogP contribution in [0.5, 0.6) is 0 Å². The Bertz CT molecular complexity index is 814. The van der Waals surface area contributed by atoms with E-state index >= 15 is 0 Å². The molecular formula is C21H26N4O3. The first-order valence-corrected chi connectivity index (χ1v) is 10.0. The molecule has 4 rings (SSSR count). The van der Waals surface area contributed by atoms with Gasteiger partial charge in [-0.1, -0.05) is 35.5 Å². The number of nitrogens with one attached hydrogen (secondary N) is 2. The minimum absolute atomic E-state index is 0.0622. The van der Waals surface area contributed by atoms with Gasteiger partial charge in [0, 0.05) is 31.3 Å². The molecule has 2 fully saturated rings. The van der Waals surface area contributed by atoms with Gasteiger partial charge in [-0.3, -0.25) is 9.59 Å². The van der Waals surface area contributed by atoms with Crippen molar-refractivity contribution in [3.63, 3.8) is 0 Å². The first-order chi connectivity index (χ1) is 13.7. The number of rotatable bonds is 5. The summed E-state index contributed by atoms with van der Waals surface area (Å²) in [6.07, 6.45) is 3.89. The molecule has 0 bridgehead atoms. The molecule has 0 saturated carbocycles. The van der Waals surface area contributed by atoms with Crippen molar-refractivity contribution in [2.75, 3.05) is 26.2 Å². The van der Waals surface area contributed by atoms with Gasteiger partial charge in [0.1, 0.15) is 0 Å². The quantitative estimate of drug-likeness (QED) is 0.827. The van der Waals surface area contributed by atoms with Crippen LogP contribution >= 0.6 is 0 Å². The molecule has 0 radical (unpaired) electrons. The number of piperidine rings is 1. The number of hydrogen-bond acceptors (Lipinski definition) is 5. The molecule has 3 heterocycles. The Labute approximate surface area is 164 Å². The minimum atomic E-state index is -0.112. The van der Waals surface area contributed by atoms with E-state index in [1.807, 2.05) is 35.2 Å². The number of hydrogen-bond donors (Lipinski definition) is 2. The highest BCUT2D eigenvalue weighted by Gasteiger charge is 2.28. The molecule has 28 heavy (non-hydrogen) atoms. The van der Waals surface area contributed by atoms with Crippen LogP contribution in [0.3, 0.4) is 0 Å². The molecule has 2 aliphatic heterocycles. The minimum Gasteiger partial charge on any atom is -0.355 e. The molecule has 2 saturated heterocycles. The Morgan fingerprint density at radius 1 is 1.21 bits per heavy atom. The largest absolute Gasteiger partial charge is 0.355 e. The van der Waals surface area contributed by atoms with Crippen LogP contribution in [-0.4, -0.2) is 54.1 Å². The summed E-state index contributed by atoms with van der Waals surface area (Å²) in [5.41, 5.74) is 1.23. The van der Waals surface area contributed by atoms with E-state index in [1.165, 1.54) is 0 Å². The van der Waals surface area contributed by atoms with Crippen LogP contribution in [0.2, 0.25) is 0 Å². The summed E-state index contributed by atoms with van der Waals surface area (Å²) in [6.45, 7) is 2.85. The molecule has 2 N–H and O–H groups in total. The lowest BCUT2D eigenvalue weighted by atomic mass is 9.97. The number of carbonyl (C=O) groups excluding carboxylic acids is 2. The Morgan fingerprint density at radius 2 is 2.07 bits per heavy atom. The average molecular weight is 382 g/mol. The van der Waals surface area contributed by atoms with Gasteiger partial charge in [0.15, 0.2) is 11.5 Å². The molecular weight excluding hydrogens is 356 g/mol. The highest BCUT2D eigenvalue weighted by atomic mass is 16.5. The molecule has 2 atom stereocenters. The lowest BCUT2D eigenvalue weighted by Crippen LogP contribution is -2.46. The van der Waals surface area contributed by atoms with Gasteiger partial charge in [-0.15, -0.1) is 0 Å². The molecule has 0 spiro atoms. The molecule has 2 aromatic rings. The topological polar surface area (TPSA) is 87.5 Å². The maximum Gasteiger partial charge on any atom is 0.276 e. The third-order valence-electron chi connectivity index (χ3n) is 5.54. The molecule has 2 unspecified atom stereocenters. The van der Waals surface area contributed by atoms with Crippen molar-refractivity contribution >= 4 is 11.8 Å². The fourth-order valence-corrected chi connectivity index (χ4v) is 3.97. The number of carbonyl (C=O) groups is 2. The van der Waals surface area contributed by atoms with Crippen molar-refractivity contribution in [1.29, 1.82) is 0 Å². The molecule has 7 heteroatoms. The summed E-state index contributed by atoms with van der Waals surface area (Å²) >= 11 is 0. The van der Waals surface area contributed by atoms with E-state index < -0.39 is 0 Å². The predicted molar refractivity (Wildman–Crippen MR) is 105 cm³/mol. The molecule has 148 valence electrons. The molecule has 0 aliphatic carbocycles. The van der Waals surface area contributed by atoms with Crippen molar-refractivity contribution in [2.24, 2.45) is 5.92 Å². The highest BCUT2D eigenvalue weighted by molar-refractivity contribution is 5.93. The molecule has 1 aromatic carbocycles. The third kappa shape index (κ3) is 4.25. The van der Waals surface area contributed by atoms with Crippen LogP contribution in [0.4, 0.5) is 0 Å². The van der Waals surface area contributed by atoms with Crippen LogP contribution in [0.25, 0.3) is 11.3 Å². The number of nitrogens with zero attached hydrogens (tertiary/aromatic N) is 2. The number of likely N-dealkylation sites (tertiary alicyclic amines) is 1. The second kappa shape index (κ2) is 8.56. The lowest BCUT2D eigenvalue weighted by molar-refractivity contribution is -0.123. The van der Waals surface area contributed by atoms with Crippen molar-refractivity contribution in [2.45, 2.75) is 31.7 Å². The maximum absolute atomic E-state index is 12.8. The van der Waals surface area contributed by atoms with Crippen LogP contribution in [0, 0.1) is 5.92 Å². The first kappa shape index (κ1) is 18.7. The van der Waals surface area contributed by atoms with Gasteiger partial charge in [0.05, 0.1) is 6.04 Å². The molecule has 1 aromatic heterocycles. The Kier molecular flexibility index (Phi) is 5.71. The van der Waals surface area contributed by atoms with E-state index in [1.54, 1.807) is 6.07 Å². The summed E-state index contributed by atoms with van der Waals surface area (Å²) < 4.78 is 5.36. The van der Waals surface area contributed by atoms with Gasteiger partial charge in [0.2, 0.25) is 5.91 Å². The van der Waals surface area contributed by atoms with E-state index in [9.17, 15) is 9.59 Å². The smallest absolute Gasteiger partial charge is 0.276 e. The van der Waals surface area contributed by atoms with Crippen molar-refractivity contribution in [1.82, 2.24) is 20.7 Å². The van der Waals surface area contributed by atoms with Crippen molar-refractivity contribution in [3.8, 4) is 11.3 Å². The second-order valence-corrected chi connectivity index (χ2v) is 7.60. The van der Waals surface area contributed by atoms with E-state index in [2.05, 4.69) is 15.8 Å². The average Bonchev–Trinajstić information content (AvgIpc) is 3.45. The Morgan fingerprint density at radius 3 is 2.86 bits per heavy atom. The first-order valence-electron chi connectivity index (χ1n) is 10.0. The van der Waals surface area contributed by atoms with Crippen LogP contribution in [0.1, 0.15) is 36.2 Å². The van der Waals surface area contributed by atoms with Gasteiger partial charge in [-0.05, 0) is 38.1 Å². The van der Waals surface area contributed by atoms with Gasteiger partial charge in [-0.2, -0.15) is 0 Å². The van der Waals surface area contributed by atoms with Gasteiger partial charge < -0.3 is 20.1 Å². The summed E-state index contributed by atoms with van der Waals surface area (Å²) in [5, 5.41) is 10.2. The lowest BCUT2D eigenvalue weighted by Gasteiger charge is -2.32. The van der Waals surface area contributed by atoms with Gasteiger partial charge in [-0.25, -0.2) is 0 Å². The zero-order valence-electron chi connectivity index (χ0n) is 15.9. The van der Waals surface area contributed by atoms with Gasteiger partial charge >= 0.3 is 0 Å². The number of benzene rings is 1. The summed E-state index contributed by atoms with van der Waals surface area (Å²) in [7, 11) is 0. The van der Waals surface area contributed by atoms with E-state index in [0.717, 1.165) is 37.8 Å². The fourth-order valence-electron chi connectivity index (χ4n) is 3.97. The van der Waals surface area contributed by atoms with Crippen LogP contribution < -0.4 is 10.6 Å². The zero-order valence-corrected chi connectivity index (χ0v) is 15.9. The molecule has 2 amide bonds. The number of aromatic nitrogens is 1. The zero-order chi connectivity index (χ0) is 19.3. The summed E-state index contributed by atoms with van der Waals surface area (Å²) in [6, 6.07) is 11.3. The second-order valence-electron chi connectivity index (χ2n) is 7.60.